The predicted molar refractivity (Wildman–Crippen MR) is 57.8 cm³/mol. The molecule has 82 valence electrons. The highest BCUT2D eigenvalue weighted by atomic mass is 16.3. The highest BCUT2D eigenvalue weighted by molar-refractivity contribution is 5.68. The average Bonchev–Trinajstić information content (AvgIpc) is 2.32. The SMILES string of the molecule is O=CO.Oc1ccccc1-c1cncnc1. The maximum atomic E-state index is 9.51. The number of nitrogens with zero attached hydrogens (tertiary/aromatic N) is 2. The van der Waals surface area contributed by atoms with E-state index < -0.39 is 0 Å². The van der Waals surface area contributed by atoms with Gasteiger partial charge < -0.3 is 10.2 Å². The van der Waals surface area contributed by atoms with Crippen molar-refractivity contribution in [3.8, 4) is 16.9 Å². The van der Waals surface area contributed by atoms with Gasteiger partial charge in [0.05, 0.1) is 0 Å². The van der Waals surface area contributed by atoms with E-state index in [-0.39, 0.29) is 12.2 Å². The number of aromatic hydroxyl groups is 1. The van der Waals surface area contributed by atoms with E-state index in [9.17, 15) is 5.11 Å². The number of phenols is 1. The topological polar surface area (TPSA) is 83.3 Å². The minimum Gasteiger partial charge on any atom is -0.507 e. The standard InChI is InChI=1S/C10H8N2O.CH2O2/c13-10-4-2-1-3-9(10)8-5-11-7-12-6-8;2-1-3/h1-7,13H;1H,(H,2,3). The Labute approximate surface area is 92.0 Å². The van der Waals surface area contributed by atoms with Crippen LogP contribution in [0.3, 0.4) is 0 Å². The second-order valence-corrected chi connectivity index (χ2v) is 2.75. The molecular formula is C11H10N2O3. The third-order valence-electron chi connectivity index (χ3n) is 1.78. The molecule has 2 aromatic rings. The Balaban J connectivity index is 0.000000386. The van der Waals surface area contributed by atoms with Gasteiger partial charge in [0.2, 0.25) is 0 Å². The molecule has 0 fully saturated rings. The molecular weight excluding hydrogens is 208 g/mol. The number of carboxylic acid groups (broad SMARTS) is 1. The normalized spacial score (nSPS) is 8.75. The van der Waals surface area contributed by atoms with Crippen molar-refractivity contribution in [2.24, 2.45) is 0 Å². The van der Waals surface area contributed by atoms with Gasteiger partial charge in [-0.3, -0.25) is 4.79 Å². The summed E-state index contributed by atoms with van der Waals surface area (Å²) >= 11 is 0. The van der Waals surface area contributed by atoms with Crippen LogP contribution in [0.4, 0.5) is 0 Å². The molecule has 0 spiro atoms. The number of hydrogen-bond donors (Lipinski definition) is 2. The summed E-state index contributed by atoms with van der Waals surface area (Å²) in [5, 5.41) is 16.4. The monoisotopic (exact) mass is 218 g/mol. The molecule has 0 aliphatic rings. The molecule has 0 saturated carbocycles. The maximum absolute atomic E-state index is 9.51. The number of rotatable bonds is 1. The first-order valence-electron chi connectivity index (χ1n) is 4.41. The number of para-hydroxylation sites is 1. The number of hydrogen-bond acceptors (Lipinski definition) is 4. The fourth-order valence-electron chi connectivity index (χ4n) is 1.16. The van der Waals surface area contributed by atoms with Crippen molar-refractivity contribution in [3.63, 3.8) is 0 Å². The minimum absolute atomic E-state index is 0.248. The first kappa shape index (κ1) is 11.6. The molecule has 0 bridgehead atoms. The molecule has 16 heavy (non-hydrogen) atoms. The zero-order chi connectivity index (χ0) is 11.8. The van der Waals surface area contributed by atoms with Gasteiger partial charge >= 0.3 is 0 Å². The number of benzene rings is 1. The van der Waals surface area contributed by atoms with E-state index in [1.807, 2.05) is 12.1 Å². The van der Waals surface area contributed by atoms with Crippen LogP contribution in [0.25, 0.3) is 11.1 Å². The van der Waals surface area contributed by atoms with Crippen LogP contribution < -0.4 is 0 Å². The summed E-state index contributed by atoms with van der Waals surface area (Å²) in [4.78, 5) is 16.1. The van der Waals surface area contributed by atoms with Crippen LogP contribution in [0.2, 0.25) is 0 Å². The van der Waals surface area contributed by atoms with Crippen LogP contribution in [0.15, 0.2) is 43.0 Å². The summed E-state index contributed by atoms with van der Waals surface area (Å²) in [6, 6.07) is 7.11. The molecule has 1 aromatic heterocycles. The Morgan fingerprint density at radius 1 is 1.12 bits per heavy atom. The van der Waals surface area contributed by atoms with Crippen LogP contribution in [-0.2, 0) is 4.79 Å². The molecule has 0 radical (unpaired) electrons. The van der Waals surface area contributed by atoms with Crippen LogP contribution in [0, 0.1) is 0 Å². The van der Waals surface area contributed by atoms with Gasteiger partial charge in [-0.15, -0.1) is 0 Å². The van der Waals surface area contributed by atoms with E-state index in [4.69, 9.17) is 9.90 Å². The van der Waals surface area contributed by atoms with Crippen molar-refractivity contribution in [1.82, 2.24) is 9.97 Å². The predicted octanol–water partition coefficient (Wildman–Crippen LogP) is 1.55. The van der Waals surface area contributed by atoms with Crippen molar-refractivity contribution in [2.45, 2.75) is 0 Å². The summed E-state index contributed by atoms with van der Waals surface area (Å²) < 4.78 is 0. The van der Waals surface area contributed by atoms with Crippen LogP contribution in [0.1, 0.15) is 0 Å². The van der Waals surface area contributed by atoms with Gasteiger partial charge in [0.15, 0.2) is 0 Å². The van der Waals surface area contributed by atoms with E-state index >= 15 is 0 Å². The summed E-state index contributed by atoms with van der Waals surface area (Å²) in [5.74, 6) is 0.248. The van der Waals surface area contributed by atoms with Crippen LogP contribution >= 0.6 is 0 Å². The Hall–Kier alpha value is -2.43. The molecule has 1 aromatic carbocycles. The van der Waals surface area contributed by atoms with Crippen molar-refractivity contribution >= 4 is 6.47 Å². The van der Waals surface area contributed by atoms with Crippen LogP contribution in [0.5, 0.6) is 5.75 Å². The Morgan fingerprint density at radius 2 is 1.69 bits per heavy atom. The molecule has 2 N–H and O–H groups in total. The molecule has 2 rings (SSSR count). The zero-order valence-electron chi connectivity index (χ0n) is 8.32. The largest absolute Gasteiger partial charge is 0.507 e. The van der Waals surface area contributed by atoms with Gasteiger partial charge in [-0.25, -0.2) is 9.97 Å². The van der Waals surface area contributed by atoms with E-state index in [2.05, 4.69) is 9.97 Å². The molecule has 5 heteroatoms. The Kier molecular flexibility index (Phi) is 4.46. The first-order chi connectivity index (χ1) is 7.79. The fourth-order valence-corrected chi connectivity index (χ4v) is 1.16. The summed E-state index contributed by atoms with van der Waals surface area (Å²) in [6.07, 6.45) is 4.80. The number of carbonyl (C=O) groups is 1. The molecule has 0 amide bonds. The third kappa shape index (κ3) is 3.06. The lowest BCUT2D eigenvalue weighted by Crippen LogP contribution is -1.81. The van der Waals surface area contributed by atoms with E-state index in [0.29, 0.717) is 0 Å². The number of phenolic OH excluding ortho intramolecular Hbond substituents is 1. The lowest BCUT2D eigenvalue weighted by molar-refractivity contribution is -0.122. The van der Waals surface area contributed by atoms with E-state index in [1.165, 1.54) is 6.33 Å². The van der Waals surface area contributed by atoms with Gasteiger partial charge in [-0.1, -0.05) is 18.2 Å². The van der Waals surface area contributed by atoms with Crippen molar-refractivity contribution < 1.29 is 15.0 Å². The average molecular weight is 218 g/mol. The van der Waals surface area contributed by atoms with Gasteiger partial charge in [-0.2, -0.15) is 0 Å². The highest BCUT2D eigenvalue weighted by Crippen LogP contribution is 2.26. The van der Waals surface area contributed by atoms with Crippen molar-refractivity contribution in [2.75, 3.05) is 0 Å². The smallest absolute Gasteiger partial charge is 0.290 e. The summed E-state index contributed by atoms with van der Waals surface area (Å²) in [5.41, 5.74) is 1.57. The fraction of sp³-hybridized carbons (Fsp3) is 0. The van der Waals surface area contributed by atoms with Gasteiger partial charge in [0.25, 0.3) is 6.47 Å². The zero-order valence-corrected chi connectivity index (χ0v) is 8.32. The van der Waals surface area contributed by atoms with Gasteiger partial charge in [0, 0.05) is 23.5 Å². The second kappa shape index (κ2) is 6.13. The first-order valence-corrected chi connectivity index (χ1v) is 4.41. The number of aromatic nitrogens is 2. The summed E-state index contributed by atoms with van der Waals surface area (Å²) in [6.45, 7) is -0.250. The maximum Gasteiger partial charge on any atom is 0.290 e. The quantitative estimate of drug-likeness (QED) is 0.709. The van der Waals surface area contributed by atoms with Crippen molar-refractivity contribution in [3.05, 3.63) is 43.0 Å². The van der Waals surface area contributed by atoms with E-state index in [0.717, 1.165) is 11.1 Å². The van der Waals surface area contributed by atoms with Crippen LogP contribution in [-0.4, -0.2) is 26.7 Å². The van der Waals surface area contributed by atoms with Gasteiger partial charge in [-0.05, 0) is 6.07 Å². The summed E-state index contributed by atoms with van der Waals surface area (Å²) in [7, 11) is 0. The molecule has 5 nitrogen and oxygen atoms in total. The second-order valence-electron chi connectivity index (χ2n) is 2.75. The molecule has 0 unspecified atom stereocenters. The van der Waals surface area contributed by atoms with Gasteiger partial charge in [0.1, 0.15) is 12.1 Å². The molecule has 0 saturated heterocycles. The van der Waals surface area contributed by atoms with E-state index in [1.54, 1.807) is 24.5 Å². The third-order valence-corrected chi connectivity index (χ3v) is 1.78. The lowest BCUT2D eigenvalue weighted by atomic mass is 10.1. The molecule has 0 aliphatic carbocycles. The Morgan fingerprint density at radius 3 is 2.25 bits per heavy atom. The Bertz CT molecular complexity index is 446. The molecule has 0 aliphatic heterocycles. The minimum atomic E-state index is -0.250. The highest BCUT2D eigenvalue weighted by Gasteiger charge is 2.01. The van der Waals surface area contributed by atoms with Crippen molar-refractivity contribution in [1.29, 1.82) is 0 Å². The molecule has 1 heterocycles. The lowest BCUT2D eigenvalue weighted by Gasteiger charge is -2.01. The molecule has 0 atom stereocenters.